The second-order valence-electron chi connectivity index (χ2n) is 5.67. The van der Waals surface area contributed by atoms with Crippen molar-refractivity contribution in [3.63, 3.8) is 0 Å². The van der Waals surface area contributed by atoms with E-state index in [-0.39, 0.29) is 11.9 Å². The van der Waals surface area contributed by atoms with Gasteiger partial charge in [-0.05, 0) is 51.6 Å². The van der Waals surface area contributed by atoms with E-state index in [0.717, 1.165) is 18.1 Å². The molecule has 1 aromatic carbocycles. The number of aliphatic imine (C=N–C) groups is 1. The molecule has 0 bridgehead atoms. The van der Waals surface area contributed by atoms with Crippen LogP contribution < -0.4 is 10.6 Å². The predicted molar refractivity (Wildman–Crippen MR) is 85.0 cm³/mol. The summed E-state index contributed by atoms with van der Waals surface area (Å²) in [5, 5.41) is 6.68. The van der Waals surface area contributed by atoms with Crippen LogP contribution in [0.1, 0.15) is 31.4 Å². The van der Waals surface area contributed by atoms with E-state index in [2.05, 4.69) is 27.4 Å². The molecule has 0 aliphatic heterocycles. The Morgan fingerprint density at radius 2 is 2.00 bits per heavy atom. The zero-order chi connectivity index (χ0) is 15.2. The Kier molecular flexibility index (Phi) is 5.56. The third-order valence-corrected chi connectivity index (χ3v) is 3.56. The van der Waals surface area contributed by atoms with Gasteiger partial charge in [-0.25, -0.2) is 4.39 Å². The van der Waals surface area contributed by atoms with Gasteiger partial charge >= 0.3 is 0 Å². The fourth-order valence-corrected chi connectivity index (χ4v) is 2.17. The van der Waals surface area contributed by atoms with Crippen LogP contribution in [0, 0.1) is 5.82 Å². The van der Waals surface area contributed by atoms with E-state index in [1.54, 1.807) is 0 Å². The Balaban J connectivity index is 2.05. The molecule has 1 aromatic rings. The second-order valence-corrected chi connectivity index (χ2v) is 5.67. The molecule has 4 nitrogen and oxygen atoms in total. The van der Waals surface area contributed by atoms with Crippen molar-refractivity contribution in [1.29, 1.82) is 0 Å². The van der Waals surface area contributed by atoms with Gasteiger partial charge in [0, 0.05) is 12.6 Å². The first-order valence-corrected chi connectivity index (χ1v) is 7.57. The number of hydrogen-bond donors (Lipinski definition) is 2. The van der Waals surface area contributed by atoms with Gasteiger partial charge in [0.25, 0.3) is 0 Å². The molecule has 0 amide bonds. The normalized spacial score (nSPS) is 16.9. The highest BCUT2D eigenvalue weighted by Crippen LogP contribution is 2.20. The van der Waals surface area contributed by atoms with Crippen molar-refractivity contribution in [2.75, 3.05) is 27.2 Å². The summed E-state index contributed by atoms with van der Waals surface area (Å²) in [6.07, 6.45) is 2.44. The summed E-state index contributed by atoms with van der Waals surface area (Å²) in [5.41, 5.74) is 1.08. The van der Waals surface area contributed by atoms with E-state index < -0.39 is 0 Å². The number of rotatable bonds is 6. The van der Waals surface area contributed by atoms with Crippen molar-refractivity contribution in [1.82, 2.24) is 15.5 Å². The van der Waals surface area contributed by atoms with Crippen LogP contribution in [-0.4, -0.2) is 44.1 Å². The average molecular weight is 292 g/mol. The summed E-state index contributed by atoms with van der Waals surface area (Å²) >= 11 is 0. The van der Waals surface area contributed by atoms with E-state index in [4.69, 9.17) is 0 Å². The lowest BCUT2D eigenvalue weighted by Crippen LogP contribution is -2.39. The van der Waals surface area contributed by atoms with Crippen LogP contribution in [0.4, 0.5) is 4.39 Å². The standard InChI is InChI=1S/C16H25FN4/c1-4-18-16(20-14-9-10-14)19-11-15(21(2)3)12-5-7-13(17)8-6-12/h5-8,14-15H,4,9-11H2,1-3H3,(H2,18,19,20). The van der Waals surface area contributed by atoms with Crippen molar-refractivity contribution in [2.24, 2.45) is 4.99 Å². The number of likely N-dealkylation sites (N-methyl/N-ethyl adjacent to an activating group) is 1. The minimum Gasteiger partial charge on any atom is -0.357 e. The smallest absolute Gasteiger partial charge is 0.191 e. The molecule has 0 saturated heterocycles. The first-order valence-electron chi connectivity index (χ1n) is 7.57. The Morgan fingerprint density at radius 1 is 1.33 bits per heavy atom. The molecule has 1 aliphatic carbocycles. The third kappa shape index (κ3) is 5.01. The van der Waals surface area contributed by atoms with Crippen LogP contribution in [0.3, 0.4) is 0 Å². The number of nitrogens with zero attached hydrogens (tertiary/aromatic N) is 2. The number of halogens is 1. The topological polar surface area (TPSA) is 39.7 Å². The Hall–Kier alpha value is -1.62. The van der Waals surface area contributed by atoms with Gasteiger partial charge in [0.15, 0.2) is 5.96 Å². The first-order chi connectivity index (χ1) is 10.1. The van der Waals surface area contributed by atoms with E-state index in [1.807, 2.05) is 26.2 Å². The predicted octanol–water partition coefficient (Wildman–Crippen LogP) is 2.15. The monoisotopic (exact) mass is 292 g/mol. The molecule has 1 saturated carbocycles. The molecular weight excluding hydrogens is 267 g/mol. The maximum Gasteiger partial charge on any atom is 0.191 e. The quantitative estimate of drug-likeness (QED) is 0.623. The molecule has 2 rings (SSSR count). The summed E-state index contributed by atoms with van der Waals surface area (Å²) in [4.78, 5) is 6.78. The maximum absolute atomic E-state index is 13.1. The van der Waals surface area contributed by atoms with Gasteiger partial charge < -0.3 is 15.5 Å². The third-order valence-electron chi connectivity index (χ3n) is 3.56. The fraction of sp³-hybridized carbons (Fsp3) is 0.562. The molecule has 1 aliphatic rings. The van der Waals surface area contributed by atoms with Gasteiger partial charge in [-0.3, -0.25) is 4.99 Å². The van der Waals surface area contributed by atoms with E-state index in [1.165, 1.54) is 25.0 Å². The minimum atomic E-state index is -0.205. The van der Waals surface area contributed by atoms with Crippen molar-refractivity contribution in [3.05, 3.63) is 35.6 Å². The SMILES string of the molecule is CCNC(=NCC(c1ccc(F)cc1)N(C)C)NC1CC1. The summed E-state index contributed by atoms with van der Waals surface area (Å²) in [6.45, 7) is 3.55. The molecule has 1 atom stereocenters. The molecule has 21 heavy (non-hydrogen) atoms. The molecular formula is C16H25FN4. The Bertz CT molecular complexity index is 466. The van der Waals surface area contributed by atoms with Crippen LogP contribution >= 0.6 is 0 Å². The van der Waals surface area contributed by atoms with Crippen LogP contribution in [0.25, 0.3) is 0 Å². The molecule has 0 heterocycles. The molecule has 0 aromatic heterocycles. The Labute approximate surface area is 126 Å². The van der Waals surface area contributed by atoms with E-state index in [0.29, 0.717) is 12.6 Å². The zero-order valence-electron chi connectivity index (χ0n) is 13.1. The van der Waals surface area contributed by atoms with Crippen LogP contribution in [-0.2, 0) is 0 Å². The highest BCUT2D eigenvalue weighted by Gasteiger charge is 2.22. The largest absolute Gasteiger partial charge is 0.357 e. The van der Waals surface area contributed by atoms with Gasteiger partial charge in [0.05, 0.1) is 12.6 Å². The summed E-state index contributed by atoms with van der Waals surface area (Å²) in [5.74, 6) is 0.664. The van der Waals surface area contributed by atoms with Gasteiger partial charge in [-0.2, -0.15) is 0 Å². The fourth-order valence-electron chi connectivity index (χ4n) is 2.17. The maximum atomic E-state index is 13.1. The number of hydrogen-bond acceptors (Lipinski definition) is 2. The number of nitrogens with one attached hydrogen (secondary N) is 2. The second kappa shape index (κ2) is 7.41. The number of benzene rings is 1. The summed E-state index contributed by atoms with van der Waals surface area (Å²) < 4.78 is 13.1. The van der Waals surface area contributed by atoms with Crippen molar-refractivity contribution < 1.29 is 4.39 Å². The lowest BCUT2D eigenvalue weighted by molar-refractivity contribution is 0.306. The van der Waals surface area contributed by atoms with Crippen molar-refractivity contribution in [3.8, 4) is 0 Å². The molecule has 0 spiro atoms. The highest BCUT2D eigenvalue weighted by atomic mass is 19.1. The minimum absolute atomic E-state index is 0.139. The van der Waals surface area contributed by atoms with Crippen LogP contribution in [0.5, 0.6) is 0 Å². The van der Waals surface area contributed by atoms with E-state index in [9.17, 15) is 4.39 Å². The van der Waals surface area contributed by atoms with E-state index >= 15 is 0 Å². The molecule has 2 N–H and O–H groups in total. The molecule has 5 heteroatoms. The van der Waals surface area contributed by atoms with Gasteiger partial charge in [-0.15, -0.1) is 0 Å². The van der Waals surface area contributed by atoms with Crippen LogP contribution in [0.2, 0.25) is 0 Å². The van der Waals surface area contributed by atoms with Gasteiger partial charge in [0.1, 0.15) is 5.82 Å². The number of guanidine groups is 1. The van der Waals surface area contributed by atoms with Crippen molar-refractivity contribution >= 4 is 5.96 Å². The molecule has 0 radical (unpaired) electrons. The van der Waals surface area contributed by atoms with Crippen molar-refractivity contribution in [2.45, 2.75) is 31.8 Å². The zero-order valence-corrected chi connectivity index (χ0v) is 13.1. The highest BCUT2D eigenvalue weighted by molar-refractivity contribution is 5.80. The summed E-state index contributed by atoms with van der Waals surface area (Å²) in [7, 11) is 4.04. The summed E-state index contributed by atoms with van der Waals surface area (Å²) in [6, 6.07) is 7.38. The lowest BCUT2D eigenvalue weighted by atomic mass is 10.1. The average Bonchev–Trinajstić information content (AvgIpc) is 3.24. The molecule has 1 fully saturated rings. The van der Waals surface area contributed by atoms with Gasteiger partial charge in [0.2, 0.25) is 0 Å². The Morgan fingerprint density at radius 3 is 2.52 bits per heavy atom. The molecule has 116 valence electrons. The first kappa shape index (κ1) is 15.8. The lowest BCUT2D eigenvalue weighted by Gasteiger charge is -2.23. The van der Waals surface area contributed by atoms with Gasteiger partial charge in [-0.1, -0.05) is 12.1 Å². The molecule has 1 unspecified atom stereocenters. The van der Waals surface area contributed by atoms with Crippen LogP contribution in [0.15, 0.2) is 29.3 Å².